The van der Waals surface area contributed by atoms with Crippen molar-refractivity contribution in [1.29, 1.82) is 0 Å². The van der Waals surface area contributed by atoms with Crippen LogP contribution in [0.3, 0.4) is 0 Å². The van der Waals surface area contributed by atoms with E-state index in [4.69, 9.17) is 0 Å². The second kappa shape index (κ2) is 6.34. The molecule has 0 atom stereocenters. The fourth-order valence-corrected chi connectivity index (χ4v) is 1.62. The van der Waals surface area contributed by atoms with Crippen molar-refractivity contribution in [1.82, 2.24) is 9.62 Å². The van der Waals surface area contributed by atoms with Crippen molar-refractivity contribution in [2.24, 2.45) is 0 Å². The Hall–Kier alpha value is -0.130. The van der Waals surface area contributed by atoms with Gasteiger partial charge < -0.3 is 4.90 Å². The molecule has 13 heavy (non-hydrogen) atoms. The smallest absolute Gasteiger partial charge is 0.208 e. The minimum absolute atomic E-state index is 0.537. The Balaban J connectivity index is 3.45. The molecule has 0 rings (SSSR count). The van der Waals surface area contributed by atoms with Gasteiger partial charge in [-0.25, -0.2) is 13.1 Å². The molecule has 0 saturated heterocycles. The first kappa shape index (κ1) is 12.9. The standard InChI is InChI=1S/C8H20N2O2S/c1-4-10(5-2)8-6-7-9-13(3,11)12/h9H,4-8H2,1-3H3. The third kappa shape index (κ3) is 8.21. The molecule has 0 aliphatic heterocycles. The van der Waals surface area contributed by atoms with Gasteiger partial charge in [-0.1, -0.05) is 13.8 Å². The SMILES string of the molecule is CCN(CC)CCCNS(C)(=O)=O. The molecule has 0 heterocycles. The average Bonchev–Trinajstić information content (AvgIpc) is 2.03. The molecular formula is C8H20N2O2S. The molecule has 5 heteroatoms. The molecule has 0 aromatic heterocycles. The maximum absolute atomic E-state index is 10.7. The summed E-state index contributed by atoms with van der Waals surface area (Å²) < 4.78 is 23.9. The highest BCUT2D eigenvalue weighted by Crippen LogP contribution is 1.89. The van der Waals surface area contributed by atoms with Gasteiger partial charge in [-0.2, -0.15) is 0 Å². The molecule has 0 amide bonds. The summed E-state index contributed by atoms with van der Waals surface area (Å²) in [6.07, 6.45) is 2.05. The maximum Gasteiger partial charge on any atom is 0.208 e. The van der Waals surface area contributed by atoms with Gasteiger partial charge in [-0.05, 0) is 26.1 Å². The number of nitrogens with one attached hydrogen (secondary N) is 1. The molecule has 0 radical (unpaired) electrons. The molecule has 0 aliphatic rings. The lowest BCUT2D eigenvalue weighted by atomic mass is 10.4. The van der Waals surface area contributed by atoms with Crippen LogP contribution in [-0.2, 0) is 10.0 Å². The van der Waals surface area contributed by atoms with Crippen LogP contribution in [0.25, 0.3) is 0 Å². The van der Waals surface area contributed by atoms with Gasteiger partial charge in [0.1, 0.15) is 0 Å². The first-order valence-electron chi connectivity index (χ1n) is 4.66. The Morgan fingerprint density at radius 1 is 1.23 bits per heavy atom. The molecule has 1 N–H and O–H groups in total. The number of nitrogens with zero attached hydrogens (tertiary/aromatic N) is 1. The highest BCUT2D eigenvalue weighted by atomic mass is 32.2. The lowest BCUT2D eigenvalue weighted by Crippen LogP contribution is -2.29. The monoisotopic (exact) mass is 208 g/mol. The van der Waals surface area contributed by atoms with Crippen LogP contribution in [0.1, 0.15) is 20.3 Å². The zero-order chi connectivity index (χ0) is 10.3. The van der Waals surface area contributed by atoms with E-state index in [0.717, 1.165) is 26.1 Å². The summed E-state index contributed by atoms with van der Waals surface area (Å²) in [6.45, 7) is 7.75. The Morgan fingerprint density at radius 3 is 2.15 bits per heavy atom. The minimum atomic E-state index is -3.00. The third-order valence-electron chi connectivity index (χ3n) is 1.91. The van der Waals surface area contributed by atoms with E-state index in [9.17, 15) is 8.42 Å². The predicted molar refractivity (Wildman–Crippen MR) is 55.3 cm³/mol. The Kier molecular flexibility index (Phi) is 6.28. The summed E-state index contributed by atoms with van der Waals surface area (Å²) in [5, 5.41) is 0. The summed E-state index contributed by atoms with van der Waals surface area (Å²) in [4.78, 5) is 2.27. The van der Waals surface area contributed by atoms with E-state index < -0.39 is 10.0 Å². The summed E-state index contributed by atoms with van der Waals surface area (Å²) in [5.41, 5.74) is 0. The van der Waals surface area contributed by atoms with Gasteiger partial charge in [0.15, 0.2) is 0 Å². The molecule has 0 spiro atoms. The summed E-state index contributed by atoms with van der Waals surface area (Å²) in [6, 6.07) is 0. The fraction of sp³-hybridized carbons (Fsp3) is 1.00. The van der Waals surface area contributed by atoms with Gasteiger partial charge in [-0.15, -0.1) is 0 Å². The summed E-state index contributed by atoms with van der Waals surface area (Å²) in [5.74, 6) is 0. The van der Waals surface area contributed by atoms with Gasteiger partial charge in [0.25, 0.3) is 0 Å². The molecule has 0 aromatic rings. The Labute approximate surface area is 81.4 Å². The van der Waals surface area contributed by atoms with E-state index in [0.29, 0.717) is 6.54 Å². The number of hydrogen-bond acceptors (Lipinski definition) is 3. The van der Waals surface area contributed by atoms with Crippen LogP contribution in [0.5, 0.6) is 0 Å². The van der Waals surface area contributed by atoms with E-state index in [2.05, 4.69) is 23.5 Å². The highest BCUT2D eigenvalue weighted by Gasteiger charge is 2.01. The van der Waals surface area contributed by atoms with Crippen molar-refractivity contribution >= 4 is 10.0 Å². The highest BCUT2D eigenvalue weighted by molar-refractivity contribution is 7.88. The molecule has 0 aromatic carbocycles. The van der Waals surface area contributed by atoms with E-state index >= 15 is 0 Å². The van der Waals surface area contributed by atoms with Crippen molar-refractivity contribution in [3.63, 3.8) is 0 Å². The predicted octanol–water partition coefficient (Wildman–Crippen LogP) is 0.267. The maximum atomic E-state index is 10.7. The van der Waals surface area contributed by atoms with Crippen LogP contribution in [0.15, 0.2) is 0 Å². The second-order valence-electron chi connectivity index (χ2n) is 3.05. The van der Waals surface area contributed by atoms with Crippen LogP contribution < -0.4 is 4.72 Å². The van der Waals surface area contributed by atoms with Gasteiger partial charge in [0, 0.05) is 6.54 Å². The molecule has 0 aliphatic carbocycles. The first-order chi connectivity index (χ1) is 5.99. The fourth-order valence-electron chi connectivity index (χ4n) is 1.10. The van der Waals surface area contributed by atoms with Gasteiger partial charge in [0.2, 0.25) is 10.0 Å². The van der Waals surface area contributed by atoms with E-state index in [1.165, 1.54) is 6.26 Å². The van der Waals surface area contributed by atoms with E-state index in [1.807, 2.05) is 0 Å². The normalized spacial score (nSPS) is 12.3. The molecule has 80 valence electrons. The Morgan fingerprint density at radius 2 is 1.77 bits per heavy atom. The van der Waals surface area contributed by atoms with E-state index in [1.54, 1.807) is 0 Å². The third-order valence-corrected chi connectivity index (χ3v) is 2.64. The average molecular weight is 208 g/mol. The van der Waals surface area contributed by atoms with Crippen LogP contribution in [0.4, 0.5) is 0 Å². The molecule has 4 nitrogen and oxygen atoms in total. The van der Waals surface area contributed by atoms with Gasteiger partial charge in [0.05, 0.1) is 6.26 Å². The summed E-state index contributed by atoms with van der Waals surface area (Å²) in [7, 11) is -3.00. The van der Waals surface area contributed by atoms with Crippen molar-refractivity contribution in [2.75, 3.05) is 32.4 Å². The van der Waals surface area contributed by atoms with Crippen LogP contribution in [0, 0.1) is 0 Å². The van der Waals surface area contributed by atoms with Gasteiger partial charge >= 0.3 is 0 Å². The number of rotatable bonds is 7. The lowest BCUT2D eigenvalue weighted by Gasteiger charge is -2.17. The zero-order valence-electron chi connectivity index (χ0n) is 8.71. The topological polar surface area (TPSA) is 49.4 Å². The molecule has 0 saturated carbocycles. The first-order valence-corrected chi connectivity index (χ1v) is 6.55. The molecule has 0 unspecified atom stereocenters. The van der Waals surface area contributed by atoms with Gasteiger partial charge in [-0.3, -0.25) is 0 Å². The van der Waals surface area contributed by atoms with Crippen LogP contribution in [-0.4, -0.2) is 45.8 Å². The summed E-state index contributed by atoms with van der Waals surface area (Å²) >= 11 is 0. The molecular weight excluding hydrogens is 188 g/mol. The quantitative estimate of drug-likeness (QED) is 0.611. The molecule has 0 fully saturated rings. The lowest BCUT2D eigenvalue weighted by molar-refractivity contribution is 0.300. The van der Waals surface area contributed by atoms with Crippen LogP contribution >= 0.6 is 0 Å². The minimum Gasteiger partial charge on any atom is -0.304 e. The number of sulfonamides is 1. The largest absolute Gasteiger partial charge is 0.304 e. The second-order valence-corrected chi connectivity index (χ2v) is 4.88. The van der Waals surface area contributed by atoms with Crippen molar-refractivity contribution < 1.29 is 8.42 Å². The molecule has 0 bridgehead atoms. The Bertz CT molecular complexity index is 210. The zero-order valence-corrected chi connectivity index (χ0v) is 9.52. The van der Waals surface area contributed by atoms with Crippen molar-refractivity contribution in [2.45, 2.75) is 20.3 Å². The van der Waals surface area contributed by atoms with E-state index in [-0.39, 0.29) is 0 Å². The number of hydrogen-bond donors (Lipinski definition) is 1. The van der Waals surface area contributed by atoms with Crippen molar-refractivity contribution in [3.8, 4) is 0 Å². The van der Waals surface area contributed by atoms with Crippen molar-refractivity contribution in [3.05, 3.63) is 0 Å². The van der Waals surface area contributed by atoms with Crippen LogP contribution in [0.2, 0.25) is 0 Å².